The minimum absolute atomic E-state index is 0.0212. The van der Waals surface area contributed by atoms with E-state index in [4.69, 9.17) is 14.6 Å². The molecular weight excluding hydrogens is 270 g/mol. The summed E-state index contributed by atoms with van der Waals surface area (Å²) in [7, 11) is 1.59. The maximum Gasteiger partial charge on any atom is 0.320 e. The number of methoxy groups -OCH3 is 1. The van der Waals surface area contributed by atoms with Crippen LogP contribution in [-0.2, 0) is 11.3 Å². The number of hydrogen-bond acceptors (Lipinski definition) is 4. The molecule has 0 aliphatic carbocycles. The van der Waals surface area contributed by atoms with Gasteiger partial charge in [-0.25, -0.2) is 0 Å². The number of aliphatic carboxylic acids is 1. The Morgan fingerprint density at radius 1 is 1.24 bits per heavy atom. The van der Waals surface area contributed by atoms with Gasteiger partial charge < -0.3 is 19.9 Å². The van der Waals surface area contributed by atoms with E-state index in [1.807, 2.05) is 45.9 Å². The number of nitrogens with one attached hydrogen (secondary N) is 1. The maximum absolute atomic E-state index is 11.2. The lowest BCUT2D eigenvalue weighted by Crippen LogP contribution is -2.40. The van der Waals surface area contributed by atoms with Gasteiger partial charge >= 0.3 is 5.97 Å². The molecular formula is C16H25NO4. The van der Waals surface area contributed by atoms with Gasteiger partial charge in [-0.2, -0.15) is 0 Å². The summed E-state index contributed by atoms with van der Waals surface area (Å²) in [5.41, 5.74) is 0.954. The number of benzene rings is 1. The standard InChI is InChI=1S/C16H25NO4/c1-10(2)15(16(18)19)17-9-12-6-7-13(21-11(3)4)14(8-12)20-5/h6-8,10-11,15,17H,9H2,1-5H3,(H,18,19)/t15-/m1/s1. The van der Waals surface area contributed by atoms with Crippen LogP contribution in [0.3, 0.4) is 0 Å². The molecule has 1 aromatic carbocycles. The normalized spacial score (nSPS) is 12.5. The second-order valence-corrected chi connectivity index (χ2v) is 5.59. The van der Waals surface area contributed by atoms with E-state index in [1.54, 1.807) is 7.11 Å². The average Bonchev–Trinajstić information content (AvgIpc) is 2.38. The Hall–Kier alpha value is -1.75. The Balaban J connectivity index is 2.78. The van der Waals surface area contributed by atoms with Crippen LogP contribution in [0.2, 0.25) is 0 Å². The summed E-state index contributed by atoms with van der Waals surface area (Å²) in [6.07, 6.45) is 0.0696. The Morgan fingerprint density at radius 3 is 2.38 bits per heavy atom. The van der Waals surface area contributed by atoms with Crippen molar-refractivity contribution in [2.24, 2.45) is 5.92 Å². The first-order chi connectivity index (χ1) is 9.85. The minimum Gasteiger partial charge on any atom is -0.493 e. The van der Waals surface area contributed by atoms with Crippen LogP contribution in [0.15, 0.2) is 18.2 Å². The molecule has 0 saturated heterocycles. The summed E-state index contributed by atoms with van der Waals surface area (Å²) in [5, 5.41) is 12.2. The second kappa shape index (κ2) is 7.88. The van der Waals surface area contributed by atoms with Gasteiger partial charge in [0.2, 0.25) is 0 Å². The van der Waals surface area contributed by atoms with Gasteiger partial charge in [-0.3, -0.25) is 4.79 Å². The van der Waals surface area contributed by atoms with Crippen LogP contribution in [0.1, 0.15) is 33.3 Å². The molecule has 5 nitrogen and oxygen atoms in total. The zero-order chi connectivity index (χ0) is 16.0. The van der Waals surface area contributed by atoms with Crippen LogP contribution in [0, 0.1) is 5.92 Å². The van der Waals surface area contributed by atoms with E-state index in [1.165, 1.54) is 0 Å². The molecule has 2 N–H and O–H groups in total. The number of carboxylic acids is 1. The van der Waals surface area contributed by atoms with Crippen molar-refractivity contribution >= 4 is 5.97 Å². The molecule has 1 aromatic rings. The third-order valence-electron chi connectivity index (χ3n) is 3.05. The molecule has 118 valence electrons. The SMILES string of the molecule is COc1cc(CN[C@@H](C(=O)O)C(C)C)ccc1OC(C)C. The number of rotatable bonds is 8. The average molecular weight is 295 g/mol. The predicted octanol–water partition coefficient (Wildman–Crippen LogP) is 2.68. The van der Waals surface area contributed by atoms with Crippen LogP contribution in [0.5, 0.6) is 11.5 Å². The summed E-state index contributed by atoms with van der Waals surface area (Å²) >= 11 is 0. The number of hydrogen-bond donors (Lipinski definition) is 2. The van der Waals surface area contributed by atoms with E-state index in [0.29, 0.717) is 18.0 Å². The molecule has 0 aliphatic rings. The van der Waals surface area contributed by atoms with E-state index in [2.05, 4.69) is 5.32 Å². The lowest BCUT2D eigenvalue weighted by molar-refractivity contribution is -0.140. The zero-order valence-corrected chi connectivity index (χ0v) is 13.3. The molecule has 1 rings (SSSR count). The van der Waals surface area contributed by atoms with E-state index in [0.717, 1.165) is 5.56 Å². The number of carboxylic acid groups (broad SMARTS) is 1. The fourth-order valence-electron chi connectivity index (χ4n) is 2.01. The van der Waals surface area contributed by atoms with Crippen molar-refractivity contribution in [1.82, 2.24) is 5.32 Å². The summed E-state index contributed by atoms with van der Waals surface area (Å²) in [4.78, 5) is 11.2. The topological polar surface area (TPSA) is 67.8 Å². The molecule has 0 aliphatic heterocycles. The highest BCUT2D eigenvalue weighted by molar-refractivity contribution is 5.73. The van der Waals surface area contributed by atoms with E-state index in [-0.39, 0.29) is 12.0 Å². The van der Waals surface area contributed by atoms with Gasteiger partial charge in [0, 0.05) is 6.54 Å². The van der Waals surface area contributed by atoms with Gasteiger partial charge in [0.25, 0.3) is 0 Å². The molecule has 21 heavy (non-hydrogen) atoms. The monoisotopic (exact) mass is 295 g/mol. The van der Waals surface area contributed by atoms with E-state index in [9.17, 15) is 4.79 Å². The number of carbonyl (C=O) groups is 1. The van der Waals surface area contributed by atoms with Gasteiger partial charge in [0.05, 0.1) is 13.2 Å². The Bertz CT molecular complexity index is 471. The summed E-state index contributed by atoms with van der Waals surface area (Å²) < 4.78 is 11.0. The molecule has 0 aromatic heterocycles. The van der Waals surface area contributed by atoms with Crippen molar-refractivity contribution in [2.75, 3.05) is 7.11 Å². The first-order valence-corrected chi connectivity index (χ1v) is 7.15. The zero-order valence-electron chi connectivity index (χ0n) is 13.3. The minimum atomic E-state index is -0.836. The second-order valence-electron chi connectivity index (χ2n) is 5.59. The molecule has 0 amide bonds. The predicted molar refractivity (Wildman–Crippen MR) is 81.9 cm³/mol. The van der Waals surface area contributed by atoms with Crippen LogP contribution in [-0.4, -0.2) is 30.3 Å². The maximum atomic E-state index is 11.2. The van der Waals surface area contributed by atoms with E-state index >= 15 is 0 Å². The molecule has 0 fully saturated rings. The first-order valence-electron chi connectivity index (χ1n) is 7.15. The van der Waals surface area contributed by atoms with Crippen LogP contribution in [0.25, 0.3) is 0 Å². The first kappa shape index (κ1) is 17.3. The fraction of sp³-hybridized carbons (Fsp3) is 0.562. The lowest BCUT2D eigenvalue weighted by Gasteiger charge is -2.19. The third kappa shape index (κ3) is 5.27. The van der Waals surface area contributed by atoms with Crippen molar-refractivity contribution in [2.45, 2.75) is 46.4 Å². The Labute approximate surface area is 126 Å². The van der Waals surface area contributed by atoms with Crippen molar-refractivity contribution in [3.05, 3.63) is 23.8 Å². The van der Waals surface area contributed by atoms with Gasteiger partial charge in [0.15, 0.2) is 11.5 Å². The largest absolute Gasteiger partial charge is 0.493 e. The summed E-state index contributed by atoms with van der Waals surface area (Å²) in [6, 6.07) is 5.06. The summed E-state index contributed by atoms with van der Waals surface area (Å²) in [6.45, 7) is 8.13. The number of ether oxygens (including phenoxy) is 2. The van der Waals surface area contributed by atoms with Gasteiger partial charge in [0.1, 0.15) is 6.04 Å². The highest BCUT2D eigenvalue weighted by Gasteiger charge is 2.20. The van der Waals surface area contributed by atoms with E-state index < -0.39 is 12.0 Å². The third-order valence-corrected chi connectivity index (χ3v) is 3.05. The van der Waals surface area contributed by atoms with Crippen LogP contribution in [0.4, 0.5) is 0 Å². The smallest absolute Gasteiger partial charge is 0.320 e. The van der Waals surface area contributed by atoms with Crippen molar-refractivity contribution in [3.8, 4) is 11.5 Å². The molecule has 0 unspecified atom stereocenters. The molecule has 0 heterocycles. The van der Waals surface area contributed by atoms with Crippen LogP contribution >= 0.6 is 0 Å². The van der Waals surface area contributed by atoms with Gasteiger partial charge in [-0.15, -0.1) is 0 Å². The van der Waals surface area contributed by atoms with Crippen molar-refractivity contribution in [1.29, 1.82) is 0 Å². The van der Waals surface area contributed by atoms with Crippen molar-refractivity contribution in [3.63, 3.8) is 0 Å². The quantitative estimate of drug-likeness (QED) is 0.772. The molecule has 5 heteroatoms. The van der Waals surface area contributed by atoms with Crippen LogP contribution < -0.4 is 14.8 Å². The van der Waals surface area contributed by atoms with Crippen molar-refractivity contribution < 1.29 is 19.4 Å². The molecule has 1 atom stereocenters. The lowest BCUT2D eigenvalue weighted by atomic mass is 10.0. The molecule has 0 spiro atoms. The fourth-order valence-corrected chi connectivity index (χ4v) is 2.01. The highest BCUT2D eigenvalue weighted by atomic mass is 16.5. The van der Waals surface area contributed by atoms with Gasteiger partial charge in [-0.05, 0) is 37.5 Å². The van der Waals surface area contributed by atoms with Gasteiger partial charge in [-0.1, -0.05) is 19.9 Å². The Morgan fingerprint density at radius 2 is 1.90 bits per heavy atom. The molecule has 0 radical (unpaired) electrons. The highest BCUT2D eigenvalue weighted by Crippen LogP contribution is 2.29. The molecule has 0 saturated carbocycles. The Kier molecular flexibility index (Phi) is 6.49. The molecule has 0 bridgehead atoms. The summed E-state index contributed by atoms with van der Waals surface area (Å²) in [5.74, 6) is 0.527.